The number of aryl methyl sites for hydroxylation is 1. The number of hydrogen-bond acceptors (Lipinski definition) is 3. The Morgan fingerprint density at radius 2 is 2.04 bits per heavy atom. The fourth-order valence-corrected chi connectivity index (χ4v) is 2.46. The van der Waals surface area contributed by atoms with Gasteiger partial charge in [-0.2, -0.15) is 0 Å². The van der Waals surface area contributed by atoms with Crippen LogP contribution in [0, 0.1) is 5.82 Å². The van der Waals surface area contributed by atoms with Gasteiger partial charge in [0.1, 0.15) is 18.2 Å². The second kappa shape index (κ2) is 7.34. The lowest BCUT2D eigenvalue weighted by Crippen LogP contribution is -2.25. The molecule has 5 heteroatoms. The molecule has 1 amide bonds. The lowest BCUT2D eigenvalue weighted by Gasteiger charge is -2.11. The Kier molecular flexibility index (Phi) is 4.99. The van der Waals surface area contributed by atoms with Gasteiger partial charge in [-0.25, -0.2) is 4.39 Å². The van der Waals surface area contributed by atoms with Crippen molar-refractivity contribution in [1.29, 1.82) is 0 Å². The number of nitrogen functional groups attached to an aromatic ring is 1. The van der Waals surface area contributed by atoms with Gasteiger partial charge in [0.05, 0.1) is 5.69 Å². The Morgan fingerprint density at radius 3 is 2.75 bits per heavy atom. The highest BCUT2D eigenvalue weighted by Gasteiger charge is 2.22. The van der Waals surface area contributed by atoms with Gasteiger partial charge in [-0.05, 0) is 54.7 Å². The van der Waals surface area contributed by atoms with Crippen molar-refractivity contribution in [2.75, 3.05) is 5.73 Å². The summed E-state index contributed by atoms with van der Waals surface area (Å²) in [5.74, 6) is 0.358. The van der Waals surface area contributed by atoms with Gasteiger partial charge in [0, 0.05) is 12.5 Å². The normalized spacial score (nSPS) is 13.5. The number of hydrogen-bond donors (Lipinski definition) is 2. The topological polar surface area (TPSA) is 64.4 Å². The first kappa shape index (κ1) is 16.3. The summed E-state index contributed by atoms with van der Waals surface area (Å²) >= 11 is 0. The molecule has 0 heterocycles. The van der Waals surface area contributed by atoms with Gasteiger partial charge in [0.2, 0.25) is 5.91 Å². The van der Waals surface area contributed by atoms with Crippen LogP contribution in [-0.4, -0.2) is 11.9 Å². The first-order valence-corrected chi connectivity index (χ1v) is 8.15. The molecule has 0 spiro atoms. The monoisotopic (exact) mass is 328 g/mol. The predicted octanol–water partition coefficient (Wildman–Crippen LogP) is 3.20. The first-order valence-electron chi connectivity index (χ1n) is 8.15. The van der Waals surface area contributed by atoms with E-state index < -0.39 is 0 Å². The number of nitrogens with two attached hydrogens (primary N) is 1. The summed E-state index contributed by atoms with van der Waals surface area (Å²) in [5.41, 5.74) is 8.28. The van der Waals surface area contributed by atoms with Crippen LogP contribution in [0.15, 0.2) is 42.5 Å². The highest BCUT2D eigenvalue weighted by molar-refractivity contribution is 5.76. The van der Waals surface area contributed by atoms with Gasteiger partial charge in [0.15, 0.2) is 0 Å². The molecule has 0 unspecified atom stereocenters. The Hall–Kier alpha value is -2.56. The van der Waals surface area contributed by atoms with Gasteiger partial charge in [0.25, 0.3) is 0 Å². The molecule has 4 nitrogen and oxygen atoms in total. The van der Waals surface area contributed by atoms with Crippen LogP contribution in [0.5, 0.6) is 5.75 Å². The number of benzene rings is 2. The Bertz CT molecular complexity index is 729. The Labute approximate surface area is 140 Å². The molecule has 1 aliphatic carbocycles. The molecule has 0 bridgehead atoms. The number of nitrogens with one attached hydrogen (secondary N) is 1. The summed E-state index contributed by atoms with van der Waals surface area (Å²) < 4.78 is 18.8. The molecule has 3 rings (SSSR count). The lowest BCUT2D eigenvalue weighted by molar-refractivity contribution is -0.121. The predicted molar refractivity (Wildman–Crippen MR) is 91.1 cm³/mol. The van der Waals surface area contributed by atoms with E-state index in [4.69, 9.17) is 10.5 Å². The standard InChI is InChI=1S/C19H21FN2O2/c20-15-3-1-2-14(10-15)12-24-18-8-4-13(11-17(18)21)5-9-19(23)22-16-6-7-16/h1-4,8,10-11,16H,5-7,9,12,21H2,(H,22,23). The summed E-state index contributed by atoms with van der Waals surface area (Å²) in [6.45, 7) is 0.255. The summed E-state index contributed by atoms with van der Waals surface area (Å²) in [7, 11) is 0. The second-order valence-corrected chi connectivity index (χ2v) is 6.13. The quantitative estimate of drug-likeness (QED) is 0.767. The maximum Gasteiger partial charge on any atom is 0.220 e. The van der Waals surface area contributed by atoms with Gasteiger partial charge < -0.3 is 15.8 Å². The largest absolute Gasteiger partial charge is 0.487 e. The van der Waals surface area contributed by atoms with E-state index in [-0.39, 0.29) is 18.3 Å². The van der Waals surface area contributed by atoms with E-state index in [0.29, 0.717) is 30.3 Å². The minimum atomic E-state index is -0.288. The van der Waals surface area contributed by atoms with Crippen molar-refractivity contribution in [2.24, 2.45) is 0 Å². The number of rotatable bonds is 7. The van der Waals surface area contributed by atoms with Crippen LogP contribution in [0.3, 0.4) is 0 Å². The zero-order chi connectivity index (χ0) is 16.9. The van der Waals surface area contributed by atoms with E-state index in [1.54, 1.807) is 18.2 Å². The van der Waals surface area contributed by atoms with Crippen molar-refractivity contribution >= 4 is 11.6 Å². The molecule has 0 aromatic heterocycles. The molecular formula is C19H21FN2O2. The van der Waals surface area contributed by atoms with Crippen molar-refractivity contribution < 1.29 is 13.9 Å². The van der Waals surface area contributed by atoms with Crippen LogP contribution < -0.4 is 15.8 Å². The maximum atomic E-state index is 13.1. The van der Waals surface area contributed by atoms with Crippen LogP contribution in [0.2, 0.25) is 0 Å². The van der Waals surface area contributed by atoms with Crippen LogP contribution in [0.1, 0.15) is 30.4 Å². The lowest BCUT2D eigenvalue weighted by atomic mass is 10.1. The third-order valence-corrected chi connectivity index (χ3v) is 3.94. The molecule has 3 N–H and O–H groups in total. The number of carbonyl (C=O) groups is 1. The Balaban J connectivity index is 1.52. The van der Waals surface area contributed by atoms with E-state index in [1.165, 1.54) is 12.1 Å². The summed E-state index contributed by atoms with van der Waals surface area (Å²) in [5, 5.41) is 2.97. The fourth-order valence-electron chi connectivity index (χ4n) is 2.46. The van der Waals surface area contributed by atoms with Crippen LogP contribution in [-0.2, 0) is 17.8 Å². The van der Waals surface area contributed by atoms with E-state index in [1.807, 2.05) is 12.1 Å². The van der Waals surface area contributed by atoms with Gasteiger partial charge >= 0.3 is 0 Å². The third-order valence-electron chi connectivity index (χ3n) is 3.94. The van der Waals surface area contributed by atoms with Gasteiger partial charge in [-0.15, -0.1) is 0 Å². The average Bonchev–Trinajstić information content (AvgIpc) is 3.36. The van der Waals surface area contributed by atoms with Crippen molar-refractivity contribution in [3.8, 4) is 5.75 Å². The number of ether oxygens (including phenoxy) is 1. The van der Waals surface area contributed by atoms with Crippen LogP contribution in [0.4, 0.5) is 10.1 Å². The highest BCUT2D eigenvalue weighted by Crippen LogP contribution is 2.24. The molecule has 1 aliphatic rings. The minimum absolute atomic E-state index is 0.0857. The summed E-state index contributed by atoms with van der Waals surface area (Å²) in [6.07, 6.45) is 3.29. The van der Waals surface area contributed by atoms with Crippen molar-refractivity contribution in [3.63, 3.8) is 0 Å². The Morgan fingerprint density at radius 1 is 1.21 bits per heavy atom. The van der Waals surface area contributed by atoms with Crippen LogP contribution >= 0.6 is 0 Å². The molecule has 2 aromatic rings. The van der Waals surface area contributed by atoms with Gasteiger partial charge in [-0.1, -0.05) is 18.2 Å². The zero-order valence-electron chi connectivity index (χ0n) is 13.4. The summed E-state index contributed by atoms with van der Waals surface area (Å²) in [4.78, 5) is 11.7. The molecule has 1 saturated carbocycles. The van der Waals surface area contributed by atoms with Crippen molar-refractivity contribution in [3.05, 3.63) is 59.4 Å². The maximum absolute atomic E-state index is 13.1. The molecule has 126 valence electrons. The molecular weight excluding hydrogens is 307 g/mol. The molecule has 0 saturated heterocycles. The SMILES string of the molecule is Nc1cc(CCC(=O)NC2CC2)ccc1OCc1cccc(F)c1. The first-order chi connectivity index (χ1) is 11.6. The average molecular weight is 328 g/mol. The van der Waals surface area contributed by atoms with Crippen molar-refractivity contribution in [2.45, 2.75) is 38.3 Å². The van der Waals surface area contributed by atoms with Gasteiger partial charge in [-0.3, -0.25) is 4.79 Å². The molecule has 24 heavy (non-hydrogen) atoms. The third kappa shape index (κ3) is 4.72. The number of carbonyl (C=O) groups excluding carboxylic acids is 1. The molecule has 1 fully saturated rings. The smallest absolute Gasteiger partial charge is 0.220 e. The second-order valence-electron chi connectivity index (χ2n) is 6.13. The zero-order valence-corrected chi connectivity index (χ0v) is 13.4. The molecule has 0 atom stereocenters. The molecule has 2 aromatic carbocycles. The number of anilines is 1. The molecule has 0 radical (unpaired) electrons. The minimum Gasteiger partial charge on any atom is -0.487 e. The number of halogens is 1. The van der Waals surface area contributed by atoms with E-state index in [2.05, 4.69) is 5.32 Å². The summed E-state index contributed by atoms with van der Waals surface area (Å²) in [6, 6.07) is 12.2. The van der Waals surface area contributed by atoms with Crippen LogP contribution in [0.25, 0.3) is 0 Å². The van der Waals surface area contributed by atoms with E-state index in [0.717, 1.165) is 24.0 Å². The van der Waals surface area contributed by atoms with E-state index >= 15 is 0 Å². The molecule has 0 aliphatic heterocycles. The highest BCUT2D eigenvalue weighted by atomic mass is 19.1. The van der Waals surface area contributed by atoms with E-state index in [9.17, 15) is 9.18 Å². The fraction of sp³-hybridized carbons (Fsp3) is 0.316. The number of amides is 1. The van der Waals surface area contributed by atoms with Crippen molar-refractivity contribution in [1.82, 2.24) is 5.32 Å².